The number of benzene rings is 2. The van der Waals surface area contributed by atoms with Crippen LogP contribution in [0.5, 0.6) is 0 Å². The van der Waals surface area contributed by atoms with Crippen molar-refractivity contribution in [2.24, 2.45) is 5.73 Å². The van der Waals surface area contributed by atoms with Crippen LogP contribution in [-0.4, -0.2) is 62.5 Å². The molecule has 41 heavy (non-hydrogen) atoms. The Morgan fingerprint density at radius 2 is 1.59 bits per heavy atom. The summed E-state index contributed by atoms with van der Waals surface area (Å²) in [5, 5.41) is 25.1. The molecule has 4 rings (SSSR count). The summed E-state index contributed by atoms with van der Waals surface area (Å²) in [5.41, 5.74) is 7.15. The van der Waals surface area contributed by atoms with Gasteiger partial charge in [0.05, 0.1) is 6.04 Å². The summed E-state index contributed by atoms with van der Waals surface area (Å²) >= 11 is 0. The standard InChI is InChI=1S/C26H26N4O4.C2HF3O2/c1-26(25(33)34,20-5-2-4-18(14-20)23(27)28)21-6-3-13-30(21)24(32)17-9-7-16(8-10-17)19-11-12-22(31)29-15-19;3-2(4,5)1(6)7/h2,4-5,7-12,14-15,21H,3,6,13H2,1H3,(H3,27,28)(H,29,31)(H,33,34);(H,6,7)/t21-,26-;/m1./s1. The minimum atomic E-state index is -5.08. The number of carbonyl (C=O) groups excluding carboxylic acids is 1. The lowest BCUT2D eigenvalue weighted by Crippen LogP contribution is -2.52. The molecule has 0 saturated carbocycles. The number of halogens is 3. The van der Waals surface area contributed by atoms with Crippen molar-refractivity contribution in [2.75, 3.05) is 6.54 Å². The van der Waals surface area contributed by atoms with Gasteiger partial charge in [-0.25, -0.2) is 4.79 Å². The predicted octanol–water partition coefficient (Wildman–Crippen LogP) is 3.61. The number of nitrogens with one attached hydrogen (secondary N) is 2. The van der Waals surface area contributed by atoms with Crippen molar-refractivity contribution in [1.82, 2.24) is 9.88 Å². The largest absolute Gasteiger partial charge is 0.490 e. The fraction of sp³-hybridized carbons (Fsp3) is 0.250. The maximum Gasteiger partial charge on any atom is 0.490 e. The van der Waals surface area contributed by atoms with E-state index in [0.717, 1.165) is 11.1 Å². The van der Waals surface area contributed by atoms with Crippen LogP contribution >= 0.6 is 0 Å². The van der Waals surface area contributed by atoms with Gasteiger partial charge in [-0.3, -0.25) is 19.8 Å². The van der Waals surface area contributed by atoms with Gasteiger partial charge in [0.15, 0.2) is 0 Å². The van der Waals surface area contributed by atoms with Gasteiger partial charge in [0.1, 0.15) is 11.3 Å². The number of nitrogen functional groups attached to an aromatic ring is 1. The van der Waals surface area contributed by atoms with Crippen LogP contribution in [0.4, 0.5) is 13.2 Å². The third-order valence-corrected chi connectivity index (χ3v) is 6.89. The molecule has 0 bridgehead atoms. The first kappa shape index (κ1) is 30.6. The van der Waals surface area contributed by atoms with Crippen LogP contribution in [0.2, 0.25) is 0 Å². The van der Waals surface area contributed by atoms with Gasteiger partial charge in [0.2, 0.25) is 5.56 Å². The third-order valence-electron chi connectivity index (χ3n) is 6.89. The van der Waals surface area contributed by atoms with Crippen molar-refractivity contribution in [3.8, 4) is 11.1 Å². The number of hydrogen-bond donors (Lipinski definition) is 5. The highest BCUT2D eigenvalue weighted by Gasteiger charge is 2.49. The van der Waals surface area contributed by atoms with Gasteiger partial charge in [-0.05, 0) is 60.7 Å². The SMILES string of the molecule is C[C@@](C(=O)O)(c1cccc(C(=N)N)c1)[C@H]1CCCN1C(=O)c1ccc(-c2ccc(=O)[nH]c2)cc1.O=C(O)C(F)(F)F. The summed E-state index contributed by atoms with van der Waals surface area (Å²) in [4.78, 5) is 50.5. The highest BCUT2D eigenvalue weighted by atomic mass is 19.4. The minimum Gasteiger partial charge on any atom is -0.481 e. The smallest absolute Gasteiger partial charge is 0.481 e. The van der Waals surface area contributed by atoms with E-state index in [0.29, 0.717) is 36.1 Å². The summed E-state index contributed by atoms with van der Waals surface area (Å²) in [6.07, 6.45) is -2.22. The van der Waals surface area contributed by atoms with Crippen molar-refractivity contribution < 1.29 is 37.8 Å². The van der Waals surface area contributed by atoms with Crippen molar-refractivity contribution in [2.45, 2.75) is 37.4 Å². The second kappa shape index (κ2) is 12.1. The highest BCUT2D eigenvalue weighted by Crippen LogP contribution is 2.38. The van der Waals surface area contributed by atoms with Crippen LogP contribution < -0.4 is 11.3 Å². The second-order valence-electron chi connectivity index (χ2n) is 9.48. The Balaban J connectivity index is 0.000000587. The van der Waals surface area contributed by atoms with Crippen LogP contribution in [0.1, 0.15) is 41.3 Å². The molecule has 1 fully saturated rings. The number of likely N-dealkylation sites (tertiary alicyclic amines) is 1. The van der Waals surface area contributed by atoms with Gasteiger partial charge in [-0.15, -0.1) is 0 Å². The summed E-state index contributed by atoms with van der Waals surface area (Å²) in [6, 6.07) is 16.3. The van der Waals surface area contributed by atoms with E-state index in [2.05, 4.69) is 4.98 Å². The molecule has 1 aliphatic heterocycles. The molecule has 13 heteroatoms. The predicted molar refractivity (Wildman–Crippen MR) is 143 cm³/mol. The van der Waals surface area contributed by atoms with Crippen molar-refractivity contribution in [3.05, 3.63) is 93.9 Å². The molecule has 1 aromatic heterocycles. The molecule has 0 unspecified atom stereocenters. The number of rotatable bonds is 6. The molecule has 1 amide bonds. The van der Waals surface area contributed by atoms with Gasteiger partial charge in [0.25, 0.3) is 5.91 Å². The van der Waals surface area contributed by atoms with Gasteiger partial charge >= 0.3 is 18.1 Å². The fourth-order valence-corrected chi connectivity index (χ4v) is 4.64. The zero-order chi connectivity index (χ0) is 30.5. The molecule has 6 N–H and O–H groups in total. The van der Waals surface area contributed by atoms with Crippen LogP contribution in [0.3, 0.4) is 0 Å². The molecule has 3 aromatic rings. The Morgan fingerprint density at radius 1 is 0.976 bits per heavy atom. The fourth-order valence-electron chi connectivity index (χ4n) is 4.64. The van der Waals surface area contributed by atoms with E-state index in [1.54, 1.807) is 72.6 Å². The number of aliphatic carboxylic acids is 2. The van der Waals surface area contributed by atoms with Gasteiger partial charge < -0.3 is 25.8 Å². The molecule has 2 heterocycles. The number of nitrogens with two attached hydrogens (primary N) is 1. The monoisotopic (exact) mass is 572 g/mol. The summed E-state index contributed by atoms with van der Waals surface area (Å²) in [6.45, 7) is 2.09. The summed E-state index contributed by atoms with van der Waals surface area (Å²) in [5.74, 6) is -4.17. The molecule has 0 radical (unpaired) electrons. The number of carbonyl (C=O) groups is 3. The summed E-state index contributed by atoms with van der Waals surface area (Å²) < 4.78 is 31.7. The Labute approximate surface area is 231 Å². The Morgan fingerprint density at radius 3 is 2.10 bits per heavy atom. The lowest BCUT2D eigenvalue weighted by atomic mass is 9.74. The van der Waals surface area contributed by atoms with E-state index in [1.165, 1.54) is 6.07 Å². The number of pyridine rings is 1. The maximum absolute atomic E-state index is 13.5. The Hall–Kier alpha value is -4.94. The number of aromatic amines is 1. The number of hydrogen-bond acceptors (Lipinski definition) is 5. The molecule has 1 aliphatic rings. The lowest BCUT2D eigenvalue weighted by Gasteiger charge is -2.38. The van der Waals surface area contributed by atoms with Crippen LogP contribution in [-0.2, 0) is 15.0 Å². The number of nitrogens with zero attached hydrogens (tertiary/aromatic N) is 1. The quantitative estimate of drug-likeness (QED) is 0.221. The first-order valence-electron chi connectivity index (χ1n) is 12.2. The Bertz CT molecular complexity index is 1500. The second-order valence-corrected chi connectivity index (χ2v) is 9.48. The van der Waals surface area contributed by atoms with Crippen molar-refractivity contribution >= 4 is 23.7 Å². The number of aromatic nitrogens is 1. The average Bonchev–Trinajstić information content (AvgIpc) is 3.43. The van der Waals surface area contributed by atoms with Crippen LogP contribution in [0.25, 0.3) is 11.1 Å². The maximum atomic E-state index is 13.5. The molecule has 2 atom stereocenters. The number of alkyl halides is 3. The number of H-pyrrole nitrogens is 1. The Kier molecular flexibility index (Phi) is 9.00. The zero-order valence-electron chi connectivity index (χ0n) is 21.7. The first-order valence-corrected chi connectivity index (χ1v) is 12.2. The summed E-state index contributed by atoms with van der Waals surface area (Å²) in [7, 11) is 0. The molecule has 0 aliphatic carbocycles. The molecular formula is C28H27F3N4O6. The minimum absolute atomic E-state index is 0.142. The van der Waals surface area contributed by atoms with Crippen LogP contribution in [0.15, 0.2) is 71.7 Å². The van der Waals surface area contributed by atoms with Gasteiger partial charge in [-0.2, -0.15) is 13.2 Å². The zero-order valence-corrected chi connectivity index (χ0v) is 21.7. The average molecular weight is 573 g/mol. The molecular weight excluding hydrogens is 545 g/mol. The molecule has 1 saturated heterocycles. The number of amides is 1. The molecule has 2 aromatic carbocycles. The van der Waals surface area contributed by atoms with E-state index in [4.69, 9.17) is 21.0 Å². The highest BCUT2D eigenvalue weighted by molar-refractivity contribution is 5.97. The number of carboxylic acid groups (broad SMARTS) is 2. The van der Waals surface area contributed by atoms with Crippen molar-refractivity contribution in [1.29, 1.82) is 5.41 Å². The van der Waals surface area contributed by atoms with Crippen molar-refractivity contribution in [3.63, 3.8) is 0 Å². The van der Waals surface area contributed by atoms with Crippen LogP contribution in [0, 0.1) is 5.41 Å². The van der Waals surface area contributed by atoms with Gasteiger partial charge in [-0.1, -0.05) is 30.3 Å². The van der Waals surface area contributed by atoms with E-state index in [-0.39, 0.29) is 17.3 Å². The normalized spacial score (nSPS) is 16.2. The number of amidine groups is 1. The number of carboxylic acids is 2. The topological polar surface area (TPSA) is 178 Å². The molecule has 216 valence electrons. The lowest BCUT2D eigenvalue weighted by molar-refractivity contribution is -0.192. The van der Waals surface area contributed by atoms with Gasteiger partial charge in [0, 0.05) is 29.9 Å². The van der Waals surface area contributed by atoms with E-state index in [1.807, 2.05) is 0 Å². The van der Waals surface area contributed by atoms with E-state index in [9.17, 15) is 32.7 Å². The molecule has 10 nitrogen and oxygen atoms in total. The first-order chi connectivity index (χ1) is 19.2. The third kappa shape index (κ3) is 6.80. The molecule has 0 spiro atoms. The van der Waals surface area contributed by atoms with E-state index < -0.39 is 29.6 Å². The van der Waals surface area contributed by atoms with E-state index >= 15 is 0 Å².